The number of benzene rings is 1. The van der Waals surface area contributed by atoms with Gasteiger partial charge >= 0.3 is 0 Å². The molecule has 1 aromatic heterocycles. The van der Waals surface area contributed by atoms with Crippen molar-refractivity contribution in [1.82, 2.24) is 15.5 Å². The molecule has 0 saturated heterocycles. The number of hydrogen-bond acceptors (Lipinski definition) is 4. The lowest BCUT2D eigenvalue weighted by Gasteiger charge is -2.05. The molecule has 0 bridgehead atoms. The first-order chi connectivity index (χ1) is 9.79. The van der Waals surface area contributed by atoms with Gasteiger partial charge in [0.2, 0.25) is 0 Å². The van der Waals surface area contributed by atoms with E-state index in [9.17, 15) is 4.79 Å². The highest BCUT2D eigenvalue weighted by atomic mass is 16.1. The van der Waals surface area contributed by atoms with Crippen LogP contribution >= 0.6 is 0 Å². The lowest BCUT2D eigenvalue weighted by Crippen LogP contribution is -2.19. The molecule has 5 nitrogen and oxygen atoms in total. The van der Waals surface area contributed by atoms with Crippen LogP contribution in [-0.4, -0.2) is 29.7 Å². The Morgan fingerprint density at radius 3 is 2.55 bits per heavy atom. The topological polar surface area (TPSA) is 66.9 Å². The van der Waals surface area contributed by atoms with Crippen molar-refractivity contribution in [3.63, 3.8) is 0 Å². The maximum absolute atomic E-state index is 11.3. The highest BCUT2D eigenvalue weighted by molar-refractivity contribution is 5.91. The van der Waals surface area contributed by atoms with E-state index in [0.717, 1.165) is 19.4 Å². The van der Waals surface area contributed by atoms with Crippen LogP contribution < -0.4 is 10.6 Å². The fraction of sp³-hybridized carbons (Fsp3) is 0.267. The van der Waals surface area contributed by atoms with Crippen molar-refractivity contribution in [3.8, 4) is 0 Å². The summed E-state index contributed by atoms with van der Waals surface area (Å²) >= 11 is 0. The van der Waals surface area contributed by atoms with Crippen LogP contribution in [0.5, 0.6) is 0 Å². The van der Waals surface area contributed by atoms with Crippen LogP contribution in [0.3, 0.4) is 0 Å². The third-order valence-corrected chi connectivity index (χ3v) is 2.92. The Labute approximate surface area is 118 Å². The van der Waals surface area contributed by atoms with E-state index in [0.29, 0.717) is 11.5 Å². The van der Waals surface area contributed by atoms with Gasteiger partial charge in [0.15, 0.2) is 5.69 Å². The van der Waals surface area contributed by atoms with Gasteiger partial charge in [0, 0.05) is 13.6 Å². The number of aryl methyl sites for hydroxylation is 1. The highest BCUT2D eigenvalue weighted by Crippen LogP contribution is 2.05. The summed E-state index contributed by atoms with van der Waals surface area (Å²) in [7, 11) is 1.57. The first kappa shape index (κ1) is 14.0. The molecule has 0 saturated carbocycles. The van der Waals surface area contributed by atoms with Gasteiger partial charge in [-0.15, -0.1) is 10.2 Å². The van der Waals surface area contributed by atoms with Gasteiger partial charge in [0.05, 0.1) is 0 Å². The van der Waals surface area contributed by atoms with Gasteiger partial charge < -0.3 is 10.6 Å². The van der Waals surface area contributed by atoms with Crippen LogP contribution in [0, 0.1) is 0 Å². The average Bonchev–Trinajstić information content (AvgIpc) is 2.52. The molecule has 0 atom stereocenters. The van der Waals surface area contributed by atoms with Gasteiger partial charge in [-0.1, -0.05) is 30.3 Å². The molecule has 0 aliphatic rings. The summed E-state index contributed by atoms with van der Waals surface area (Å²) in [5, 5.41) is 13.5. The molecule has 1 heterocycles. The van der Waals surface area contributed by atoms with Crippen LogP contribution in [-0.2, 0) is 6.42 Å². The number of anilines is 1. The first-order valence-electron chi connectivity index (χ1n) is 6.63. The van der Waals surface area contributed by atoms with Crippen molar-refractivity contribution in [3.05, 3.63) is 53.7 Å². The van der Waals surface area contributed by atoms with Crippen LogP contribution in [0.15, 0.2) is 42.5 Å². The van der Waals surface area contributed by atoms with Gasteiger partial charge in [-0.05, 0) is 30.5 Å². The normalized spacial score (nSPS) is 10.1. The summed E-state index contributed by atoms with van der Waals surface area (Å²) < 4.78 is 0. The van der Waals surface area contributed by atoms with Crippen molar-refractivity contribution < 1.29 is 4.79 Å². The third kappa shape index (κ3) is 4.05. The van der Waals surface area contributed by atoms with Gasteiger partial charge in [0.25, 0.3) is 5.91 Å². The van der Waals surface area contributed by atoms with E-state index in [-0.39, 0.29) is 5.91 Å². The van der Waals surface area contributed by atoms with Crippen LogP contribution in [0.1, 0.15) is 22.5 Å². The van der Waals surface area contributed by atoms with Gasteiger partial charge in [0.1, 0.15) is 5.82 Å². The minimum Gasteiger partial charge on any atom is -0.369 e. The van der Waals surface area contributed by atoms with Crippen molar-refractivity contribution >= 4 is 11.7 Å². The number of carbonyl (C=O) groups excluding carboxylic acids is 1. The molecule has 1 aromatic carbocycles. The van der Waals surface area contributed by atoms with E-state index in [1.165, 1.54) is 5.56 Å². The SMILES string of the molecule is CNC(=O)c1ccc(NCCCc2ccccc2)nn1. The Morgan fingerprint density at radius 2 is 1.90 bits per heavy atom. The van der Waals surface area contributed by atoms with E-state index >= 15 is 0 Å². The number of hydrogen-bond donors (Lipinski definition) is 2. The molecule has 20 heavy (non-hydrogen) atoms. The maximum atomic E-state index is 11.3. The van der Waals surface area contributed by atoms with Crippen LogP contribution in [0.4, 0.5) is 5.82 Å². The minimum absolute atomic E-state index is 0.229. The van der Waals surface area contributed by atoms with Gasteiger partial charge in [-0.2, -0.15) is 0 Å². The number of amides is 1. The summed E-state index contributed by atoms with van der Waals surface area (Å²) in [6.07, 6.45) is 2.04. The second kappa shape index (κ2) is 7.23. The van der Waals surface area contributed by atoms with Crippen molar-refractivity contribution in [2.45, 2.75) is 12.8 Å². The zero-order valence-electron chi connectivity index (χ0n) is 11.5. The van der Waals surface area contributed by atoms with E-state index in [1.54, 1.807) is 19.2 Å². The number of rotatable bonds is 6. The summed E-state index contributed by atoms with van der Waals surface area (Å²) in [4.78, 5) is 11.3. The van der Waals surface area contributed by atoms with Crippen LogP contribution in [0.2, 0.25) is 0 Å². The molecule has 2 rings (SSSR count). The zero-order chi connectivity index (χ0) is 14.2. The molecular weight excluding hydrogens is 252 g/mol. The molecule has 1 amide bonds. The quantitative estimate of drug-likeness (QED) is 0.787. The summed E-state index contributed by atoms with van der Waals surface area (Å²) in [6, 6.07) is 13.8. The third-order valence-electron chi connectivity index (χ3n) is 2.92. The fourth-order valence-electron chi connectivity index (χ4n) is 1.83. The molecule has 0 radical (unpaired) electrons. The van der Waals surface area contributed by atoms with Crippen LogP contribution in [0.25, 0.3) is 0 Å². The molecule has 0 unspecified atom stereocenters. The molecule has 0 aliphatic heterocycles. The molecular formula is C15H18N4O. The van der Waals surface area contributed by atoms with Crippen molar-refractivity contribution in [2.24, 2.45) is 0 Å². The largest absolute Gasteiger partial charge is 0.369 e. The first-order valence-corrected chi connectivity index (χ1v) is 6.63. The van der Waals surface area contributed by atoms with E-state index in [1.807, 2.05) is 18.2 Å². The Hall–Kier alpha value is -2.43. The lowest BCUT2D eigenvalue weighted by atomic mass is 10.1. The average molecular weight is 270 g/mol. The zero-order valence-corrected chi connectivity index (χ0v) is 11.5. The number of carbonyl (C=O) groups is 1. The number of nitrogens with zero attached hydrogens (tertiary/aromatic N) is 2. The predicted octanol–water partition coefficient (Wildman–Crippen LogP) is 1.88. The second-order valence-electron chi connectivity index (χ2n) is 4.40. The van der Waals surface area contributed by atoms with E-state index < -0.39 is 0 Å². The minimum atomic E-state index is -0.229. The molecule has 2 aromatic rings. The Bertz CT molecular complexity index is 540. The van der Waals surface area contributed by atoms with E-state index in [4.69, 9.17) is 0 Å². The molecule has 0 fully saturated rings. The lowest BCUT2D eigenvalue weighted by molar-refractivity contribution is 0.0957. The highest BCUT2D eigenvalue weighted by Gasteiger charge is 2.04. The monoisotopic (exact) mass is 270 g/mol. The summed E-state index contributed by atoms with van der Waals surface area (Å²) in [5.41, 5.74) is 1.65. The molecule has 0 spiro atoms. The van der Waals surface area contributed by atoms with Gasteiger partial charge in [-0.3, -0.25) is 4.79 Å². The predicted molar refractivity (Wildman–Crippen MR) is 78.7 cm³/mol. The Balaban J connectivity index is 1.75. The van der Waals surface area contributed by atoms with E-state index in [2.05, 4.69) is 33.0 Å². The molecule has 104 valence electrons. The molecule has 0 aliphatic carbocycles. The smallest absolute Gasteiger partial charge is 0.271 e. The van der Waals surface area contributed by atoms with Gasteiger partial charge in [-0.25, -0.2) is 0 Å². The number of aromatic nitrogens is 2. The summed E-state index contributed by atoms with van der Waals surface area (Å²) in [6.45, 7) is 0.822. The number of nitrogens with one attached hydrogen (secondary N) is 2. The maximum Gasteiger partial charge on any atom is 0.271 e. The van der Waals surface area contributed by atoms with Crippen molar-refractivity contribution in [1.29, 1.82) is 0 Å². The fourth-order valence-corrected chi connectivity index (χ4v) is 1.83. The second-order valence-corrected chi connectivity index (χ2v) is 4.40. The molecule has 2 N–H and O–H groups in total. The Morgan fingerprint density at radius 1 is 1.10 bits per heavy atom. The standard InChI is InChI=1S/C15H18N4O/c1-16-15(20)13-9-10-14(19-18-13)17-11-5-8-12-6-3-2-4-7-12/h2-4,6-7,9-10H,5,8,11H2,1H3,(H,16,20)(H,17,19). The Kier molecular flexibility index (Phi) is 5.06. The summed E-state index contributed by atoms with van der Waals surface area (Å²) in [5.74, 6) is 0.457. The molecule has 5 heteroatoms. The van der Waals surface area contributed by atoms with Crippen molar-refractivity contribution in [2.75, 3.05) is 18.9 Å².